The maximum atomic E-state index is 11.0. The van der Waals surface area contributed by atoms with Crippen molar-refractivity contribution in [3.05, 3.63) is 15.6 Å². The SMILES string of the molecule is Cc1nc([C@@H](O)[C@@H](C)S(N)(=O)=O)sc1C. The highest BCUT2D eigenvalue weighted by molar-refractivity contribution is 7.89. The summed E-state index contributed by atoms with van der Waals surface area (Å²) >= 11 is 1.29. The third-order valence-electron chi connectivity index (χ3n) is 2.26. The molecule has 1 aromatic heterocycles. The van der Waals surface area contributed by atoms with E-state index in [1.54, 1.807) is 0 Å². The summed E-state index contributed by atoms with van der Waals surface area (Å²) in [5, 5.41) is 14.1. The highest BCUT2D eigenvalue weighted by Crippen LogP contribution is 2.26. The van der Waals surface area contributed by atoms with Gasteiger partial charge in [0.2, 0.25) is 10.0 Å². The van der Waals surface area contributed by atoms with Gasteiger partial charge in [-0.2, -0.15) is 0 Å². The fourth-order valence-corrected chi connectivity index (χ4v) is 2.59. The minimum atomic E-state index is -3.74. The third-order valence-corrected chi connectivity index (χ3v) is 4.70. The van der Waals surface area contributed by atoms with E-state index in [1.807, 2.05) is 13.8 Å². The van der Waals surface area contributed by atoms with Crippen molar-refractivity contribution in [2.24, 2.45) is 5.14 Å². The molecule has 7 heteroatoms. The first-order valence-electron chi connectivity index (χ1n) is 4.37. The normalized spacial score (nSPS) is 16.3. The predicted molar refractivity (Wildman–Crippen MR) is 59.1 cm³/mol. The van der Waals surface area contributed by atoms with Crippen LogP contribution in [0.5, 0.6) is 0 Å². The van der Waals surface area contributed by atoms with Crippen molar-refractivity contribution < 1.29 is 13.5 Å². The summed E-state index contributed by atoms with van der Waals surface area (Å²) in [6.07, 6.45) is -1.16. The predicted octanol–water partition coefficient (Wildman–Crippen LogP) is 0.470. The van der Waals surface area contributed by atoms with Crippen molar-refractivity contribution in [3.63, 3.8) is 0 Å². The Bertz CT molecular complexity index is 433. The molecule has 0 fully saturated rings. The van der Waals surface area contributed by atoms with Gasteiger partial charge in [-0.15, -0.1) is 11.3 Å². The highest BCUT2D eigenvalue weighted by atomic mass is 32.2. The monoisotopic (exact) mass is 250 g/mol. The molecule has 15 heavy (non-hydrogen) atoms. The van der Waals surface area contributed by atoms with Crippen LogP contribution in [0.2, 0.25) is 0 Å². The van der Waals surface area contributed by atoms with Crippen LogP contribution in [0.25, 0.3) is 0 Å². The van der Waals surface area contributed by atoms with Crippen LogP contribution < -0.4 is 5.14 Å². The molecule has 0 unspecified atom stereocenters. The van der Waals surface area contributed by atoms with E-state index in [0.29, 0.717) is 5.01 Å². The van der Waals surface area contributed by atoms with Gasteiger partial charge in [0.05, 0.1) is 5.69 Å². The molecule has 0 radical (unpaired) electrons. The molecule has 5 nitrogen and oxygen atoms in total. The molecule has 1 rings (SSSR count). The number of aromatic nitrogens is 1. The van der Waals surface area contributed by atoms with Crippen molar-refractivity contribution in [1.29, 1.82) is 0 Å². The fourth-order valence-electron chi connectivity index (χ4n) is 1.00. The van der Waals surface area contributed by atoms with Crippen molar-refractivity contribution in [2.45, 2.75) is 32.1 Å². The second kappa shape index (κ2) is 4.17. The quantitative estimate of drug-likeness (QED) is 0.815. The Kier molecular flexibility index (Phi) is 3.49. The molecule has 3 N–H and O–H groups in total. The van der Waals surface area contributed by atoms with Gasteiger partial charge < -0.3 is 5.11 Å². The average Bonchev–Trinajstić information content (AvgIpc) is 2.43. The number of primary sulfonamides is 1. The number of sulfonamides is 1. The fraction of sp³-hybridized carbons (Fsp3) is 0.625. The van der Waals surface area contributed by atoms with E-state index in [0.717, 1.165) is 10.6 Å². The van der Waals surface area contributed by atoms with Crippen LogP contribution in [0, 0.1) is 13.8 Å². The van der Waals surface area contributed by atoms with Gasteiger partial charge in [-0.05, 0) is 20.8 Å². The maximum absolute atomic E-state index is 11.0. The second-order valence-corrected chi connectivity index (χ2v) is 6.59. The van der Waals surface area contributed by atoms with E-state index in [4.69, 9.17) is 5.14 Å². The zero-order valence-electron chi connectivity index (χ0n) is 8.76. The van der Waals surface area contributed by atoms with Gasteiger partial charge in [0.15, 0.2) is 0 Å². The molecule has 2 atom stereocenters. The first kappa shape index (κ1) is 12.6. The summed E-state index contributed by atoms with van der Waals surface area (Å²) < 4.78 is 22.1. The number of aliphatic hydroxyl groups excluding tert-OH is 1. The lowest BCUT2D eigenvalue weighted by molar-refractivity contribution is 0.175. The Morgan fingerprint density at radius 2 is 2.00 bits per heavy atom. The molecule has 86 valence electrons. The summed E-state index contributed by atoms with van der Waals surface area (Å²) in [5.41, 5.74) is 0.802. The van der Waals surface area contributed by atoms with E-state index in [2.05, 4.69) is 4.98 Å². The molecule has 0 aliphatic carbocycles. The molecular weight excluding hydrogens is 236 g/mol. The van der Waals surface area contributed by atoms with E-state index < -0.39 is 21.4 Å². The summed E-state index contributed by atoms with van der Waals surface area (Å²) in [6.45, 7) is 5.04. The summed E-state index contributed by atoms with van der Waals surface area (Å²) in [4.78, 5) is 5.06. The van der Waals surface area contributed by atoms with Gasteiger partial charge >= 0.3 is 0 Å². The van der Waals surface area contributed by atoms with Gasteiger partial charge in [-0.25, -0.2) is 18.5 Å². The minimum Gasteiger partial charge on any atom is -0.384 e. The first-order valence-corrected chi connectivity index (χ1v) is 6.79. The van der Waals surface area contributed by atoms with E-state index in [-0.39, 0.29) is 0 Å². The largest absolute Gasteiger partial charge is 0.384 e. The van der Waals surface area contributed by atoms with Crippen molar-refractivity contribution in [2.75, 3.05) is 0 Å². The molecule has 0 saturated carbocycles. The van der Waals surface area contributed by atoms with Crippen LogP contribution >= 0.6 is 11.3 Å². The van der Waals surface area contributed by atoms with E-state index in [1.165, 1.54) is 18.3 Å². The number of hydrogen-bond acceptors (Lipinski definition) is 5. The van der Waals surface area contributed by atoms with Gasteiger partial charge in [0, 0.05) is 4.88 Å². The van der Waals surface area contributed by atoms with Crippen molar-refractivity contribution in [1.82, 2.24) is 4.98 Å². The average molecular weight is 250 g/mol. The van der Waals surface area contributed by atoms with Gasteiger partial charge in [0.25, 0.3) is 0 Å². The molecule has 0 aliphatic rings. The zero-order valence-corrected chi connectivity index (χ0v) is 10.4. The Morgan fingerprint density at radius 1 is 1.47 bits per heavy atom. The summed E-state index contributed by atoms with van der Waals surface area (Å²) in [6, 6.07) is 0. The van der Waals surface area contributed by atoms with Gasteiger partial charge in [-0.1, -0.05) is 0 Å². The number of rotatable bonds is 3. The summed E-state index contributed by atoms with van der Waals surface area (Å²) in [5.74, 6) is 0. The van der Waals surface area contributed by atoms with Crippen LogP contribution in [0.1, 0.15) is 28.6 Å². The van der Waals surface area contributed by atoms with Gasteiger partial charge in [0.1, 0.15) is 16.4 Å². The third kappa shape index (κ3) is 2.75. The molecule has 0 saturated heterocycles. The van der Waals surface area contributed by atoms with E-state index in [9.17, 15) is 13.5 Å². The molecular formula is C8H14N2O3S2. The van der Waals surface area contributed by atoms with Crippen LogP contribution in [-0.2, 0) is 10.0 Å². The van der Waals surface area contributed by atoms with Gasteiger partial charge in [-0.3, -0.25) is 0 Å². The lowest BCUT2D eigenvalue weighted by Crippen LogP contribution is -2.31. The first-order chi connectivity index (χ1) is 6.73. The van der Waals surface area contributed by atoms with E-state index >= 15 is 0 Å². The number of aryl methyl sites for hydroxylation is 2. The van der Waals surface area contributed by atoms with Crippen LogP contribution in [0.3, 0.4) is 0 Å². The zero-order chi connectivity index (χ0) is 11.8. The molecule has 0 spiro atoms. The lowest BCUT2D eigenvalue weighted by Gasteiger charge is -2.13. The second-order valence-electron chi connectivity index (χ2n) is 3.43. The Balaban J connectivity index is 3.00. The van der Waals surface area contributed by atoms with Crippen LogP contribution in [0.4, 0.5) is 0 Å². The molecule has 0 aliphatic heterocycles. The number of aliphatic hydroxyl groups is 1. The smallest absolute Gasteiger partial charge is 0.214 e. The summed E-state index contributed by atoms with van der Waals surface area (Å²) in [7, 11) is -3.74. The van der Waals surface area contributed by atoms with Crippen LogP contribution in [0.15, 0.2) is 0 Å². The highest BCUT2D eigenvalue weighted by Gasteiger charge is 2.28. The molecule has 1 heterocycles. The standard InChI is InChI=1S/C8H14N2O3S2/c1-4-5(2)14-8(10-4)7(11)6(3)15(9,12)13/h6-7,11H,1-3H3,(H2,9,12,13)/t6-,7+/m1/s1. The Hall–Kier alpha value is -0.500. The number of hydrogen-bond donors (Lipinski definition) is 2. The maximum Gasteiger partial charge on any atom is 0.214 e. The van der Waals surface area contributed by atoms with Crippen molar-refractivity contribution in [3.8, 4) is 0 Å². The lowest BCUT2D eigenvalue weighted by atomic mass is 10.3. The van der Waals surface area contributed by atoms with Crippen LogP contribution in [-0.4, -0.2) is 23.8 Å². The topological polar surface area (TPSA) is 93.3 Å². The number of nitrogens with two attached hydrogens (primary N) is 1. The molecule has 0 amide bonds. The molecule has 1 aromatic rings. The number of nitrogens with zero attached hydrogens (tertiary/aromatic N) is 1. The Labute approximate surface area is 93.0 Å². The number of thiazole rings is 1. The van der Waals surface area contributed by atoms with Crippen molar-refractivity contribution >= 4 is 21.4 Å². The molecule has 0 aromatic carbocycles. The minimum absolute atomic E-state index is 0.395. The Morgan fingerprint density at radius 3 is 2.33 bits per heavy atom. The molecule has 0 bridgehead atoms.